The van der Waals surface area contributed by atoms with Gasteiger partial charge in [0.05, 0.1) is 21.9 Å². The Labute approximate surface area is 220 Å². The Morgan fingerprint density at radius 2 is 1.92 bits per heavy atom. The lowest BCUT2D eigenvalue weighted by atomic mass is 10.1. The Morgan fingerprint density at radius 3 is 2.59 bits per heavy atom. The van der Waals surface area contributed by atoms with Crippen molar-refractivity contribution in [1.82, 2.24) is 15.3 Å². The third kappa shape index (κ3) is 5.77. The van der Waals surface area contributed by atoms with E-state index in [-0.39, 0.29) is 33.6 Å². The van der Waals surface area contributed by atoms with Gasteiger partial charge in [0.15, 0.2) is 11.6 Å². The van der Waals surface area contributed by atoms with Crippen LogP contribution in [-0.4, -0.2) is 31.6 Å². The number of pyridine rings is 1. The molecule has 2 aromatic carbocycles. The van der Waals surface area contributed by atoms with E-state index in [0.717, 1.165) is 18.3 Å². The highest BCUT2D eigenvalue weighted by Crippen LogP contribution is 2.37. The standard InChI is InChI=1S/C24H18ClF2N5O3S2/c1-29-19(8-9-28)24-20(7-6-18(31-24)14-4-2-3-5-16(14)26)35-21-11-17(27)22(10-15(21)25)37(33,34)32-23-12-36-13-30-23/h2-13,28-29,32H,1H3/b19-8-,28-9?. The molecule has 0 atom stereocenters. The van der Waals surface area contributed by atoms with E-state index in [2.05, 4.69) is 20.0 Å². The van der Waals surface area contributed by atoms with Crippen LogP contribution >= 0.6 is 22.9 Å². The first kappa shape index (κ1) is 26.2. The molecule has 37 heavy (non-hydrogen) atoms. The normalized spacial score (nSPS) is 11.7. The Bertz CT molecular complexity index is 1600. The van der Waals surface area contributed by atoms with E-state index in [1.54, 1.807) is 25.2 Å². The van der Waals surface area contributed by atoms with Gasteiger partial charge in [0.1, 0.15) is 28.0 Å². The zero-order valence-corrected chi connectivity index (χ0v) is 21.4. The number of hydrogen-bond donors (Lipinski definition) is 3. The van der Waals surface area contributed by atoms with Crippen LogP contribution in [0, 0.1) is 17.0 Å². The molecule has 0 amide bonds. The lowest BCUT2D eigenvalue weighted by molar-refractivity contribution is 0.469. The first-order valence-electron chi connectivity index (χ1n) is 10.5. The summed E-state index contributed by atoms with van der Waals surface area (Å²) in [6.45, 7) is 0. The topological polar surface area (TPSA) is 117 Å². The number of anilines is 1. The number of thiazole rings is 1. The van der Waals surface area contributed by atoms with Crippen LogP contribution in [0.15, 0.2) is 70.4 Å². The second kappa shape index (κ2) is 11.0. The average Bonchev–Trinajstić information content (AvgIpc) is 3.37. The molecular formula is C24H18ClF2N5O3S2. The minimum atomic E-state index is -4.31. The molecule has 0 saturated carbocycles. The second-order valence-electron chi connectivity index (χ2n) is 7.31. The summed E-state index contributed by atoms with van der Waals surface area (Å²) in [5.74, 6) is -1.63. The van der Waals surface area contributed by atoms with Gasteiger partial charge < -0.3 is 15.5 Å². The summed E-state index contributed by atoms with van der Waals surface area (Å²) in [6.07, 6.45) is 2.43. The van der Waals surface area contributed by atoms with E-state index < -0.39 is 26.6 Å². The van der Waals surface area contributed by atoms with E-state index in [4.69, 9.17) is 21.7 Å². The SMILES string of the molecule is CN/C(=C\C=N)c1nc(-c2ccccc2F)ccc1Oc1cc(F)c(S(=O)(=O)Nc2cscn2)cc1Cl. The Morgan fingerprint density at radius 1 is 1.14 bits per heavy atom. The molecule has 2 heterocycles. The molecule has 0 bridgehead atoms. The molecule has 0 aliphatic carbocycles. The number of halogens is 3. The molecule has 4 aromatic rings. The molecule has 0 saturated heterocycles. The van der Waals surface area contributed by atoms with Gasteiger partial charge in [-0.1, -0.05) is 23.7 Å². The van der Waals surface area contributed by atoms with Crippen LogP contribution in [0.25, 0.3) is 17.0 Å². The van der Waals surface area contributed by atoms with Crippen molar-refractivity contribution in [2.24, 2.45) is 0 Å². The third-order valence-corrected chi connectivity index (χ3v) is 7.20. The number of sulfonamides is 1. The second-order valence-corrected chi connectivity index (χ2v) is 10.1. The quantitative estimate of drug-likeness (QED) is 0.218. The number of hydrogen-bond acceptors (Lipinski definition) is 8. The molecule has 190 valence electrons. The number of rotatable bonds is 9. The van der Waals surface area contributed by atoms with Crippen molar-refractivity contribution in [3.8, 4) is 22.8 Å². The summed E-state index contributed by atoms with van der Waals surface area (Å²) < 4.78 is 62.6. The zero-order chi connectivity index (χ0) is 26.6. The Hall–Kier alpha value is -3.87. The monoisotopic (exact) mass is 561 g/mol. The van der Waals surface area contributed by atoms with Crippen LogP contribution in [0.5, 0.6) is 11.5 Å². The van der Waals surface area contributed by atoms with Crippen LogP contribution in [0.3, 0.4) is 0 Å². The molecular weight excluding hydrogens is 544 g/mol. The van der Waals surface area contributed by atoms with Gasteiger partial charge in [0, 0.05) is 30.3 Å². The van der Waals surface area contributed by atoms with Crippen molar-refractivity contribution in [1.29, 1.82) is 5.41 Å². The number of ether oxygens (including phenoxy) is 1. The van der Waals surface area contributed by atoms with Gasteiger partial charge >= 0.3 is 0 Å². The molecule has 3 N–H and O–H groups in total. The smallest absolute Gasteiger partial charge is 0.266 e. The van der Waals surface area contributed by atoms with Crippen molar-refractivity contribution in [2.45, 2.75) is 4.90 Å². The van der Waals surface area contributed by atoms with E-state index in [0.29, 0.717) is 11.4 Å². The molecule has 4 rings (SSSR count). The van der Waals surface area contributed by atoms with Crippen LogP contribution < -0.4 is 14.8 Å². The highest BCUT2D eigenvalue weighted by atomic mass is 35.5. The number of nitrogens with one attached hydrogen (secondary N) is 3. The highest BCUT2D eigenvalue weighted by Gasteiger charge is 2.24. The fourth-order valence-electron chi connectivity index (χ4n) is 3.27. The minimum absolute atomic E-state index is 0.0455. The fraction of sp³-hybridized carbons (Fsp3) is 0.0417. The molecule has 2 aromatic heterocycles. The highest BCUT2D eigenvalue weighted by molar-refractivity contribution is 7.92. The molecule has 0 spiro atoms. The first-order valence-corrected chi connectivity index (χ1v) is 13.3. The summed E-state index contributed by atoms with van der Waals surface area (Å²) in [4.78, 5) is 7.63. The molecule has 8 nitrogen and oxygen atoms in total. The summed E-state index contributed by atoms with van der Waals surface area (Å²) >= 11 is 7.45. The largest absolute Gasteiger partial charge is 0.453 e. The van der Waals surface area contributed by atoms with Gasteiger partial charge in [0.2, 0.25) is 0 Å². The van der Waals surface area contributed by atoms with Crippen molar-refractivity contribution in [3.63, 3.8) is 0 Å². The zero-order valence-electron chi connectivity index (χ0n) is 19.0. The number of allylic oxidation sites excluding steroid dienone is 1. The van der Waals surface area contributed by atoms with Crippen LogP contribution in [0.4, 0.5) is 14.6 Å². The van der Waals surface area contributed by atoms with Gasteiger partial charge in [-0.15, -0.1) is 11.3 Å². The van der Waals surface area contributed by atoms with Crippen LogP contribution in [0.2, 0.25) is 5.02 Å². The summed E-state index contributed by atoms with van der Waals surface area (Å²) in [7, 11) is -2.72. The summed E-state index contributed by atoms with van der Waals surface area (Å²) in [5.41, 5.74) is 2.50. The molecule has 0 aliphatic heterocycles. The van der Waals surface area contributed by atoms with E-state index in [9.17, 15) is 17.2 Å². The predicted molar refractivity (Wildman–Crippen MR) is 140 cm³/mol. The van der Waals surface area contributed by atoms with Gasteiger partial charge in [-0.05, 0) is 36.4 Å². The van der Waals surface area contributed by atoms with Crippen molar-refractivity contribution in [3.05, 3.63) is 87.8 Å². The predicted octanol–water partition coefficient (Wildman–Crippen LogP) is 5.94. The molecule has 13 heteroatoms. The van der Waals surface area contributed by atoms with Gasteiger partial charge in [-0.2, -0.15) is 0 Å². The van der Waals surface area contributed by atoms with Crippen LogP contribution in [-0.2, 0) is 10.0 Å². The maximum Gasteiger partial charge on any atom is 0.266 e. The van der Waals surface area contributed by atoms with Gasteiger partial charge in [-0.25, -0.2) is 27.2 Å². The maximum atomic E-state index is 14.9. The Kier molecular flexibility index (Phi) is 7.81. The van der Waals surface area contributed by atoms with E-state index >= 15 is 0 Å². The molecule has 0 unspecified atom stereocenters. The van der Waals surface area contributed by atoms with E-state index in [1.807, 2.05) is 0 Å². The minimum Gasteiger partial charge on any atom is -0.453 e. The van der Waals surface area contributed by atoms with Gasteiger partial charge in [0.25, 0.3) is 10.0 Å². The van der Waals surface area contributed by atoms with Crippen molar-refractivity contribution in [2.75, 3.05) is 11.8 Å². The summed E-state index contributed by atoms with van der Waals surface area (Å²) in [5, 5.41) is 11.6. The molecule has 0 radical (unpaired) electrons. The maximum absolute atomic E-state index is 14.9. The Balaban J connectivity index is 1.75. The lowest BCUT2D eigenvalue weighted by Crippen LogP contribution is -2.15. The van der Waals surface area contributed by atoms with Crippen molar-refractivity contribution >= 4 is 50.7 Å². The number of benzene rings is 2. The third-order valence-electron chi connectivity index (χ3n) is 4.95. The fourth-order valence-corrected chi connectivity index (χ4v) is 5.18. The first-order chi connectivity index (χ1) is 17.7. The summed E-state index contributed by atoms with van der Waals surface area (Å²) in [6, 6.07) is 10.8. The van der Waals surface area contributed by atoms with Gasteiger partial charge in [-0.3, -0.25) is 4.72 Å². The number of aromatic nitrogens is 2. The van der Waals surface area contributed by atoms with Crippen LogP contribution in [0.1, 0.15) is 5.69 Å². The average molecular weight is 562 g/mol. The molecule has 0 fully saturated rings. The number of nitrogens with zero attached hydrogens (tertiary/aromatic N) is 2. The van der Waals surface area contributed by atoms with Crippen molar-refractivity contribution < 1.29 is 21.9 Å². The lowest BCUT2D eigenvalue weighted by Gasteiger charge is -2.16. The van der Waals surface area contributed by atoms with E-state index in [1.165, 1.54) is 46.5 Å². The molecule has 0 aliphatic rings.